The van der Waals surface area contributed by atoms with Crippen molar-refractivity contribution in [2.75, 3.05) is 0 Å². The molecule has 1 aliphatic heterocycles. The molecule has 0 bridgehead atoms. The van der Waals surface area contributed by atoms with E-state index in [1.165, 1.54) is 0 Å². The summed E-state index contributed by atoms with van der Waals surface area (Å²) in [6, 6.07) is 18.1. The van der Waals surface area contributed by atoms with Crippen LogP contribution in [-0.4, -0.2) is 21.1 Å². The van der Waals surface area contributed by atoms with Crippen molar-refractivity contribution in [3.8, 4) is 11.3 Å². The van der Waals surface area contributed by atoms with Crippen LogP contribution in [0.2, 0.25) is 0 Å². The predicted octanol–water partition coefficient (Wildman–Crippen LogP) is 2.28. The van der Waals surface area contributed by atoms with E-state index in [9.17, 15) is 0 Å². The largest absolute Gasteiger partial charge is 0.305 e. The molecule has 0 spiro atoms. The number of nitrogens with zero attached hydrogens (tertiary/aromatic N) is 3. The summed E-state index contributed by atoms with van der Waals surface area (Å²) in [6.07, 6.45) is -0.527. The van der Waals surface area contributed by atoms with Crippen LogP contribution in [-0.2, 0) is 0 Å². The Morgan fingerprint density at radius 1 is 0.857 bits per heavy atom. The van der Waals surface area contributed by atoms with Crippen molar-refractivity contribution in [2.45, 2.75) is 6.17 Å². The monoisotopic (exact) mass is 275 g/mol. The molecule has 102 valence electrons. The molecular weight excluding hydrogens is 262 g/mol. The zero-order chi connectivity index (χ0) is 14.2. The lowest BCUT2D eigenvalue weighted by Gasteiger charge is -2.09. The van der Waals surface area contributed by atoms with E-state index < -0.39 is 6.17 Å². The highest BCUT2D eigenvalue weighted by Gasteiger charge is 2.25. The molecule has 5 heteroatoms. The molecule has 0 aliphatic carbocycles. The summed E-state index contributed by atoms with van der Waals surface area (Å²) < 4.78 is 0. The van der Waals surface area contributed by atoms with Gasteiger partial charge in [-0.3, -0.25) is 4.99 Å². The molecule has 0 fully saturated rings. The van der Waals surface area contributed by atoms with Crippen LogP contribution >= 0.6 is 0 Å². The first kappa shape index (κ1) is 12.0. The molecule has 0 saturated carbocycles. The molecule has 0 amide bonds. The van der Waals surface area contributed by atoms with Gasteiger partial charge in [0.2, 0.25) is 0 Å². The van der Waals surface area contributed by atoms with Crippen molar-refractivity contribution < 1.29 is 0 Å². The van der Waals surface area contributed by atoms with Gasteiger partial charge in [-0.05, 0) is 0 Å². The smallest absolute Gasteiger partial charge is 0.145 e. The molecule has 3 aromatic rings. The van der Waals surface area contributed by atoms with E-state index in [1.54, 1.807) is 0 Å². The summed E-state index contributed by atoms with van der Waals surface area (Å²) in [5, 5.41) is 11.0. The Labute approximate surface area is 121 Å². The van der Waals surface area contributed by atoms with Crippen molar-refractivity contribution in [2.24, 2.45) is 10.7 Å². The molecule has 5 nitrogen and oxygen atoms in total. The first-order valence-corrected chi connectivity index (χ1v) is 6.74. The zero-order valence-electron chi connectivity index (χ0n) is 11.2. The Morgan fingerprint density at radius 3 is 2.38 bits per heavy atom. The Morgan fingerprint density at radius 2 is 1.57 bits per heavy atom. The molecule has 1 unspecified atom stereocenters. The van der Waals surface area contributed by atoms with Crippen LogP contribution in [0.25, 0.3) is 11.3 Å². The van der Waals surface area contributed by atoms with Crippen molar-refractivity contribution in [1.82, 2.24) is 15.4 Å². The van der Waals surface area contributed by atoms with Gasteiger partial charge in [-0.1, -0.05) is 54.6 Å². The minimum Gasteiger partial charge on any atom is -0.305 e. The average Bonchev–Trinajstić information content (AvgIpc) is 2.99. The number of benzene rings is 2. The van der Waals surface area contributed by atoms with Gasteiger partial charge in [0, 0.05) is 16.7 Å². The van der Waals surface area contributed by atoms with Crippen LogP contribution in [0.5, 0.6) is 0 Å². The molecule has 21 heavy (non-hydrogen) atoms. The van der Waals surface area contributed by atoms with E-state index in [4.69, 9.17) is 5.73 Å². The summed E-state index contributed by atoms with van der Waals surface area (Å²) >= 11 is 0. The van der Waals surface area contributed by atoms with Crippen LogP contribution in [0.3, 0.4) is 0 Å². The summed E-state index contributed by atoms with van der Waals surface area (Å²) in [4.78, 5) is 4.67. The second-order valence-electron chi connectivity index (χ2n) is 4.89. The van der Waals surface area contributed by atoms with Crippen LogP contribution in [0.1, 0.15) is 23.0 Å². The van der Waals surface area contributed by atoms with E-state index in [-0.39, 0.29) is 0 Å². The summed E-state index contributed by atoms with van der Waals surface area (Å²) in [5.74, 6) is 0. The number of hydrogen-bond donors (Lipinski definition) is 2. The molecule has 2 heterocycles. The number of fused-ring (bicyclic) bond motifs is 3. The highest BCUT2D eigenvalue weighted by Crippen LogP contribution is 2.32. The molecule has 4 rings (SSSR count). The SMILES string of the molecule is NC1N=C(c2ccccc2)c2ccccc2-c2n[nH]nc21. The Bertz CT molecular complexity index is 819. The van der Waals surface area contributed by atoms with Gasteiger partial charge in [0.05, 0.1) is 5.71 Å². The van der Waals surface area contributed by atoms with Gasteiger partial charge in [0.1, 0.15) is 17.6 Å². The van der Waals surface area contributed by atoms with Crippen LogP contribution in [0.4, 0.5) is 0 Å². The van der Waals surface area contributed by atoms with Gasteiger partial charge >= 0.3 is 0 Å². The van der Waals surface area contributed by atoms with E-state index >= 15 is 0 Å². The number of H-pyrrole nitrogens is 1. The van der Waals surface area contributed by atoms with Gasteiger partial charge in [0.25, 0.3) is 0 Å². The highest BCUT2D eigenvalue weighted by atomic mass is 15.3. The molecule has 1 aromatic heterocycles. The molecule has 1 atom stereocenters. The Balaban J connectivity index is 2.02. The predicted molar refractivity (Wildman–Crippen MR) is 80.8 cm³/mol. The number of aromatic nitrogens is 3. The standard InChI is InChI=1S/C16H13N5/c17-16-15-14(19-21-20-15)12-9-5-4-8-11(12)13(18-16)10-6-2-1-3-7-10/h1-9,16H,17H2,(H,19,20,21). The first-order valence-electron chi connectivity index (χ1n) is 6.74. The second kappa shape index (κ2) is 4.64. The third-order valence-corrected chi connectivity index (χ3v) is 3.61. The average molecular weight is 275 g/mol. The minimum absolute atomic E-state index is 0.527. The number of aromatic amines is 1. The van der Waals surface area contributed by atoms with Gasteiger partial charge in [0.15, 0.2) is 0 Å². The quantitative estimate of drug-likeness (QED) is 0.715. The van der Waals surface area contributed by atoms with E-state index in [0.29, 0.717) is 5.69 Å². The lowest BCUT2D eigenvalue weighted by atomic mass is 9.96. The third kappa shape index (κ3) is 1.86. The molecule has 3 N–H and O–H groups in total. The normalized spacial score (nSPS) is 16.6. The molecule has 0 saturated heterocycles. The van der Waals surface area contributed by atoms with E-state index in [0.717, 1.165) is 28.1 Å². The van der Waals surface area contributed by atoms with E-state index in [1.807, 2.05) is 54.6 Å². The summed E-state index contributed by atoms with van der Waals surface area (Å²) in [7, 11) is 0. The van der Waals surface area contributed by atoms with Crippen LogP contribution in [0, 0.1) is 0 Å². The van der Waals surface area contributed by atoms with Crippen molar-refractivity contribution in [3.63, 3.8) is 0 Å². The Kier molecular flexibility index (Phi) is 2.65. The maximum absolute atomic E-state index is 6.19. The zero-order valence-corrected chi connectivity index (χ0v) is 11.2. The fourth-order valence-corrected chi connectivity index (χ4v) is 2.64. The molecule has 1 aliphatic rings. The number of nitrogens with two attached hydrogens (primary N) is 1. The van der Waals surface area contributed by atoms with E-state index in [2.05, 4.69) is 20.4 Å². The number of nitrogens with one attached hydrogen (secondary N) is 1. The molecular formula is C16H13N5. The number of rotatable bonds is 1. The fraction of sp³-hybridized carbons (Fsp3) is 0.0625. The third-order valence-electron chi connectivity index (χ3n) is 3.61. The lowest BCUT2D eigenvalue weighted by molar-refractivity contribution is 0.739. The van der Waals surface area contributed by atoms with Crippen molar-refractivity contribution >= 4 is 5.71 Å². The molecule has 2 aromatic carbocycles. The van der Waals surface area contributed by atoms with Gasteiger partial charge in [-0.25, -0.2) is 0 Å². The van der Waals surface area contributed by atoms with Crippen LogP contribution in [0.15, 0.2) is 59.6 Å². The maximum Gasteiger partial charge on any atom is 0.145 e. The topological polar surface area (TPSA) is 80.0 Å². The van der Waals surface area contributed by atoms with Gasteiger partial charge in [-0.2, -0.15) is 15.4 Å². The first-order chi connectivity index (χ1) is 10.3. The molecule has 0 radical (unpaired) electrons. The van der Waals surface area contributed by atoms with Gasteiger partial charge < -0.3 is 5.73 Å². The Hall–Kier alpha value is -2.79. The fourth-order valence-electron chi connectivity index (χ4n) is 2.64. The summed E-state index contributed by atoms with van der Waals surface area (Å²) in [6.45, 7) is 0. The number of hydrogen-bond acceptors (Lipinski definition) is 4. The van der Waals surface area contributed by atoms with Gasteiger partial charge in [-0.15, -0.1) is 0 Å². The maximum atomic E-state index is 6.19. The number of aliphatic imine (C=N–C) groups is 1. The summed E-state index contributed by atoms with van der Waals surface area (Å²) in [5.41, 5.74) is 11.6. The highest BCUT2D eigenvalue weighted by molar-refractivity contribution is 6.16. The van der Waals surface area contributed by atoms with Crippen molar-refractivity contribution in [1.29, 1.82) is 0 Å². The van der Waals surface area contributed by atoms with Crippen LogP contribution < -0.4 is 5.73 Å². The van der Waals surface area contributed by atoms with Crippen molar-refractivity contribution in [3.05, 3.63) is 71.4 Å². The second-order valence-corrected chi connectivity index (χ2v) is 4.89. The lowest BCUT2D eigenvalue weighted by Crippen LogP contribution is -2.11. The minimum atomic E-state index is -0.527.